The quantitative estimate of drug-likeness (QED) is 0.712. The average Bonchev–Trinajstić information content (AvgIpc) is 2.70. The second kappa shape index (κ2) is 4.94. The molecule has 1 amide bonds. The van der Waals surface area contributed by atoms with E-state index in [1.807, 2.05) is 4.90 Å². The number of nitrogens with one attached hydrogen (secondary N) is 1. The van der Waals surface area contributed by atoms with Gasteiger partial charge in [-0.1, -0.05) is 0 Å². The van der Waals surface area contributed by atoms with Crippen molar-refractivity contribution in [3.8, 4) is 0 Å². The van der Waals surface area contributed by atoms with Crippen LogP contribution in [0.5, 0.6) is 0 Å². The van der Waals surface area contributed by atoms with Crippen molar-refractivity contribution in [1.29, 1.82) is 0 Å². The second-order valence-corrected chi connectivity index (χ2v) is 4.63. The molecule has 4 nitrogen and oxygen atoms in total. The molecule has 2 heterocycles. The molecule has 2 aliphatic heterocycles. The Morgan fingerprint density at radius 2 is 2.47 bits per heavy atom. The molecule has 0 bridgehead atoms. The standard InChI is InChI=1S/C11H20N2O2/c1-9-7-13(4-3-12-9)11(14)6-10-2-5-15-8-10/h9-10,12H,2-8H2,1H3. The normalized spacial score (nSPS) is 31.9. The Bertz CT molecular complexity index is 227. The Hall–Kier alpha value is -0.610. The number of ether oxygens (including phenoxy) is 1. The minimum absolute atomic E-state index is 0.304. The molecule has 0 radical (unpaired) electrons. The van der Waals surface area contributed by atoms with Gasteiger partial charge < -0.3 is 15.0 Å². The van der Waals surface area contributed by atoms with Crippen molar-refractivity contribution in [1.82, 2.24) is 10.2 Å². The van der Waals surface area contributed by atoms with Gasteiger partial charge in [0, 0.05) is 45.3 Å². The Labute approximate surface area is 91.0 Å². The van der Waals surface area contributed by atoms with Crippen molar-refractivity contribution in [3.05, 3.63) is 0 Å². The van der Waals surface area contributed by atoms with Gasteiger partial charge in [-0.3, -0.25) is 4.79 Å². The van der Waals surface area contributed by atoms with E-state index in [9.17, 15) is 4.79 Å². The van der Waals surface area contributed by atoms with Crippen molar-refractivity contribution in [2.45, 2.75) is 25.8 Å². The summed E-state index contributed by atoms with van der Waals surface area (Å²) in [5, 5.41) is 3.34. The largest absolute Gasteiger partial charge is 0.381 e. The number of amides is 1. The molecule has 2 unspecified atom stereocenters. The molecular weight excluding hydrogens is 192 g/mol. The van der Waals surface area contributed by atoms with Crippen LogP contribution in [0.3, 0.4) is 0 Å². The summed E-state index contributed by atoms with van der Waals surface area (Å²) in [5.41, 5.74) is 0. The maximum Gasteiger partial charge on any atom is 0.223 e. The molecule has 86 valence electrons. The Kier molecular flexibility index (Phi) is 3.59. The molecule has 0 aromatic rings. The smallest absolute Gasteiger partial charge is 0.223 e. The number of hydrogen-bond donors (Lipinski definition) is 1. The molecule has 2 fully saturated rings. The van der Waals surface area contributed by atoms with E-state index in [1.54, 1.807) is 0 Å². The third-order valence-electron chi connectivity index (χ3n) is 3.21. The lowest BCUT2D eigenvalue weighted by Crippen LogP contribution is -2.51. The van der Waals surface area contributed by atoms with Crippen molar-refractivity contribution in [2.24, 2.45) is 5.92 Å². The Balaban J connectivity index is 1.78. The Morgan fingerprint density at radius 3 is 3.13 bits per heavy atom. The molecule has 0 aliphatic carbocycles. The zero-order valence-electron chi connectivity index (χ0n) is 9.37. The first-order valence-corrected chi connectivity index (χ1v) is 5.84. The monoisotopic (exact) mass is 212 g/mol. The highest BCUT2D eigenvalue weighted by Crippen LogP contribution is 2.17. The fourth-order valence-corrected chi connectivity index (χ4v) is 2.28. The summed E-state index contributed by atoms with van der Waals surface area (Å²) in [6.45, 7) is 6.36. The maximum absolute atomic E-state index is 11.9. The molecule has 0 saturated carbocycles. The fourth-order valence-electron chi connectivity index (χ4n) is 2.28. The van der Waals surface area contributed by atoms with Gasteiger partial charge in [-0.2, -0.15) is 0 Å². The van der Waals surface area contributed by atoms with E-state index >= 15 is 0 Å². The van der Waals surface area contributed by atoms with Crippen molar-refractivity contribution in [2.75, 3.05) is 32.8 Å². The number of carbonyl (C=O) groups excluding carboxylic acids is 1. The van der Waals surface area contributed by atoms with Crippen LogP contribution in [0.2, 0.25) is 0 Å². The first-order valence-electron chi connectivity index (χ1n) is 5.84. The minimum atomic E-state index is 0.304. The van der Waals surface area contributed by atoms with Gasteiger partial charge in [0.15, 0.2) is 0 Å². The van der Waals surface area contributed by atoms with Crippen molar-refractivity contribution >= 4 is 5.91 Å². The Morgan fingerprint density at radius 1 is 1.60 bits per heavy atom. The van der Waals surface area contributed by atoms with Crippen LogP contribution in [-0.2, 0) is 9.53 Å². The molecule has 2 atom stereocenters. The highest BCUT2D eigenvalue weighted by atomic mass is 16.5. The molecule has 1 N–H and O–H groups in total. The summed E-state index contributed by atoms with van der Waals surface area (Å²) in [6, 6.07) is 0.433. The van der Waals surface area contributed by atoms with Crippen LogP contribution >= 0.6 is 0 Å². The molecule has 0 spiro atoms. The molecule has 2 rings (SSSR count). The van der Waals surface area contributed by atoms with E-state index in [4.69, 9.17) is 4.74 Å². The summed E-state index contributed by atoms with van der Waals surface area (Å²) in [7, 11) is 0. The van der Waals surface area contributed by atoms with Crippen LogP contribution in [-0.4, -0.2) is 49.7 Å². The molecule has 0 aromatic heterocycles. The van der Waals surface area contributed by atoms with Gasteiger partial charge >= 0.3 is 0 Å². The third kappa shape index (κ3) is 2.92. The van der Waals surface area contributed by atoms with Gasteiger partial charge in [0.25, 0.3) is 0 Å². The van der Waals surface area contributed by atoms with Gasteiger partial charge in [-0.25, -0.2) is 0 Å². The minimum Gasteiger partial charge on any atom is -0.381 e. The fraction of sp³-hybridized carbons (Fsp3) is 0.909. The van der Waals surface area contributed by atoms with Gasteiger partial charge in [0.1, 0.15) is 0 Å². The molecular formula is C11H20N2O2. The van der Waals surface area contributed by atoms with E-state index < -0.39 is 0 Å². The highest BCUT2D eigenvalue weighted by Gasteiger charge is 2.25. The first-order chi connectivity index (χ1) is 7.25. The van der Waals surface area contributed by atoms with Crippen LogP contribution in [0, 0.1) is 5.92 Å². The second-order valence-electron chi connectivity index (χ2n) is 4.63. The number of rotatable bonds is 2. The maximum atomic E-state index is 11.9. The molecule has 15 heavy (non-hydrogen) atoms. The van der Waals surface area contributed by atoms with Gasteiger partial charge in [0.2, 0.25) is 5.91 Å². The summed E-state index contributed by atoms with van der Waals surface area (Å²) in [6.07, 6.45) is 1.72. The lowest BCUT2D eigenvalue weighted by atomic mass is 10.0. The van der Waals surface area contributed by atoms with Crippen LogP contribution in [0.25, 0.3) is 0 Å². The third-order valence-corrected chi connectivity index (χ3v) is 3.21. The number of nitrogens with zero attached hydrogens (tertiary/aromatic N) is 1. The first kappa shape index (κ1) is 10.9. The molecule has 4 heteroatoms. The van der Waals surface area contributed by atoms with E-state index in [0.717, 1.165) is 39.3 Å². The van der Waals surface area contributed by atoms with E-state index in [-0.39, 0.29) is 0 Å². The van der Waals surface area contributed by atoms with Crippen LogP contribution in [0.15, 0.2) is 0 Å². The van der Waals surface area contributed by atoms with E-state index in [0.29, 0.717) is 24.3 Å². The molecule has 2 saturated heterocycles. The SMILES string of the molecule is CC1CN(C(=O)CC2CCOC2)CCN1. The lowest BCUT2D eigenvalue weighted by Gasteiger charge is -2.32. The average molecular weight is 212 g/mol. The van der Waals surface area contributed by atoms with E-state index in [1.165, 1.54) is 0 Å². The lowest BCUT2D eigenvalue weighted by molar-refractivity contribution is -0.133. The van der Waals surface area contributed by atoms with Gasteiger partial charge in [-0.05, 0) is 19.3 Å². The highest BCUT2D eigenvalue weighted by molar-refractivity contribution is 5.76. The van der Waals surface area contributed by atoms with Crippen molar-refractivity contribution < 1.29 is 9.53 Å². The van der Waals surface area contributed by atoms with Gasteiger partial charge in [-0.15, -0.1) is 0 Å². The molecule has 0 aromatic carbocycles. The van der Waals surface area contributed by atoms with Gasteiger partial charge in [0.05, 0.1) is 0 Å². The summed E-state index contributed by atoms with van der Waals surface area (Å²) in [5.74, 6) is 0.765. The number of piperazine rings is 1. The predicted octanol–water partition coefficient (Wildman–Crippen LogP) is 0.233. The van der Waals surface area contributed by atoms with Crippen LogP contribution in [0.4, 0.5) is 0 Å². The van der Waals surface area contributed by atoms with E-state index in [2.05, 4.69) is 12.2 Å². The van der Waals surface area contributed by atoms with Crippen LogP contribution < -0.4 is 5.32 Å². The summed E-state index contributed by atoms with van der Waals surface area (Å²) < 4.78 is 5.28. The number of hydrogen-bond acceptors (Lipinski definition) is 3. The predicted molar refractivity (Wildman–Crippen MR) is 57.6 cm³/mol. The zero-order valence-corrected chi connectivity index (χ0v) is 9.37. The summed E-state index contributed by atoms with van der Waals surface area (Å²) >= 11 is 0. The molecule has 2 aliphatic rings. The zero-order chi connectivity index (χ0) is 10.7. The number of carbonyl (C=O) groups is 1. The van der Waals surface area contributed by atoms with Crippen molar-refractivity contribution in [3.63, 3.8) is 0 Å². The topological polar surface area (TPSA) is 41.6 Å². The van der Waals surface area contributed by atoms with Crippen LogP contribution in [0.1, 0.15) is 19.8 Å². The summed E-state index contributed by atoms with van der Waals surface area (Å²) in [4.78, 5) is 13.9.